The number of nitrogens with zero attached hydrogens (tertiary/aromatic N) is 4. The van der Waals surface area contributed by atoms with E-state index in [-0.39, 0.29) is 11.7 Å². The molecule has 0 unspecified atom stereocenters. The molecular formula is C17H20BrFN4O. The highest BCUT2D eigenvalue weighted by Crippen LogP contribution is 2.17. The molecule has 24 heavy (non-hydrogen) atoms. The van der Waals surface area contributed by atoms with Crippen molar-refractivity contribution in [1.29, 1.82) is 0 Å². The number of rotatable bonds is 4. The summed E-state index contributed by atoms with van der Waals surface area (Å²) in [5.74, 6) is -0.226. The van der Waals surface area contributed by atoms with Crippen LogP contribution >= 0.6 is 15.9 Å². The van der Waals surface area contributed by atoms with Gasteiger partial charge in [-0.3, -0.25) is 14.4 Å². The summed E-state index contributed by atoms with van der Waals surface area (Å²) in [6.45, 7) is 3.89. The topological polar surface area (TPSA) is 41.4 Å². The molecule has 0 spiro atoms. The summed E-state index contributed by atoms with van der Waals surface area (Å²) in [5.41, 5.74) is 1.47. The monoisotopic (exact) mass is 394 g/mol. The molecule has 0 atom stereocenters. The molecule has 1 fully saturated rings. The van der Waals surface area contributed by atoms with E-state index in [2.05, 4.69) is 25.9 Å². The minimum absolute atomic E-state index is 0.0349. The zero-order valence-electron chi connectivity index (χ0n) is 13.6. The van der Waals surface area contributed by atoms with Gasteiger partial charge in [0.15, 0.2) is 5.69 Å². The lowest BCUT2D eigenvalue weighted by atomic mass is 10.1. The van der Waals surface area contributed by atoms with Crippen molar-refractivity contribution >= 4 is 21.8 Å². The molecule has 1 aliphatic rings. The maximum Gasteiger partial charge on any atom is 0.275 e. The van der Waals surface area contributed by atoms with E-state index in [1.165, 1.54) is 6.07 Å². The Bertz CT molecular complexity index is 725. The normalized spacial score (nSPS) is 15.7. The first-order valence-corrected chi connectivity index (χ1v) is 8.77. The molecule has 128 valence electrons. The SMILES string of the molecule is Cn1cc(Br)c(C(=O)N2CCN(CCc3cccc(F)c3)CC2)n1. The Morgan fingerprint density at radius 1 is 1.29 bits per heavy atom. The van der Waals surface area contributed by atoms with Gasteiger partial charge < -0.3 is 4.90 Å². The molecule has 2 heterocycles. The van der Waals surface area contributed by atoms with Crippen molar-refractivity contribution in [2.24, 2.45) is 7.05 Å². The Kier molecular flexibility index (Phi) is 5.30. The predicted octanol–water partition coefficient (Wildman–Crippen LogP) is 2.32. The largest absolute Gasteiger partial charge is 0.335 e. The fourth-order valence-electron chi connectivity index (χ4n) is 2.91. The Balaban J connectivity index is 1.50. The van der Waals surface area contributed by atoms with Gasteiger partial charge in [-0.2, -0.15) is 5.10 Å². The number of aromatic nitrogens is 2. The van der Waals surface area contributed by atoms with Gasteiger partial charge in [0.1, 0.15) is 5.82 Å². The zero-order chi connectivity index (χ0) is 17.1. The zero-order valence-corrected chi connectivity index (χ0v) is 15.2. The van der Waals surface area contributed by atoms with E-state index in [1.807, 2.05) is 11.0 Å². The van der Waals surface area contributed by atoms with Crippen LogP contribution in [0.15, 0.2) is 34.9 Å². The van der Waals surface area contributed by atoms with Crippen LogP contribution in [0.3, 0.4) is 0 Å². The lowest BCUT2D eigenvalue weighted by molar-refractivity contribution is 0.0631. The first-order valence-electron chi connectivity index (χ1n) is 7.98. The smallest absolute Gasteiger partial charge is 0.275 e. The lowest BCUT2D eigenvalue weighted by Crippen LogP contribution is -2.49. The number of halogens is 2. The van der Waals surface area contributed by atoms with Gasteiger partial charge in [-0.1, -0.05) is 12.1 Å². The molecule has 1 amide bonds. The van der Waals surface area contributed by atoms with Crippen LogP contribution in [0.25, 0.3) is 0 Å². The average molecular weight is 395 g/mol. The standard InChI is InChI=1S/C17H20BrFN4O/c1-21-12-15(18)16(20-21)17(24)23-9-7-22(8-10-23)6-5-13-3-2-4-14(19)11-13/h2-4,11-12H,5-10H2,1H3. The maximum atomic E-state index is 13.2. The highest BCUT2D eigenvalue weighted by Gasteiger charge is 2.25. The fourth-order valence-corrected chi connectivity index (χ4v) is 3.45. The van der Waals surface area contributed by atoms with Crippen LogP contribution in [0.1, 0.15) is 16.1 Å². The molecule has 1 saturated heterocycles. The number of carbonyl (C=O) groups excluding carboxylic acids is 1. The fraction of sp³-hybridized carbons (Fsp3) is 0.412. The quantitative estimate of drug-likeness (QED) is 0.798. The number of amides is 1. The second-order valence-corrected chi connectivity index (χ2v) is 6.87. The number of piperazine rings is 1. The first-order chi connectivity index (χ1) is 11.5. The molecule has 0 radical (unpaired) electrons. The van der Waals surface area contributed by atoms with Crippen LogP contribution in [0.5, 0.6) is 0 Å². The van der Waals surface area contributed by atoms with Crippen molar-refractivity contribution in [2.75, 3.05) is 32.7 Å². The van der Waals surface area contributed by atoms with Crippen LogP contribution in [0, 0.1) is 5.82 Å². The molecule has 3 rings (SSSR count). The van der Waals surface area contributed by atoms with Crippen LogP contribution in [-0.2, 0) is 13.5 Å². The van der Waals surface area contributed by atoms with Gasteiger partial charge >= 0.3 is 0 Å². The molecule has 5 nitrogen and oxygen atoms in total. The molecular weight excluding hydrogens is 375 g/mol. The number of aryl methyl sites for hydroxylation is 1. The highest BCUT2D eigenvalue weighted by atomic mass is 79.9. The Hall–Kier alpha value is -1.73. The van der Waals surface area contributed by atoms with Crippen molar-refractivity contribution < 1.29 is 9.18 Å². The second-order valence-electron chi connectivity index (χ2n) is 6.01. The molecule has 7 heteroatoms. The molecule has 1 aliphatic heterocycles. The third-order valence-corrected chi connectivity index (χ3v) is 4.83. The van der Waals surface area contributed by atoms with E-state index in [0.29, 0.717) is 18.8 Å². The summed E-state index contributed by atoms with van der Waals surface area (Å²) in [6.07, 6.45) is 2.60. The van der Waals surface area contributed by atoms with E-state index in [0.717, 1.165) is 36.1 Å². The van der Waals surface area contributed by atoms with E-state index >= 15 is 0 Å². The Morgan fingerprint density at radius 2 is 2.04 bits per heavy atom. The lowest BCUT2D eigenvalue weighted by Gasteiger charge is -2.34. The number of hydrogen-bond donors (Lipinski definition) is 0. The molecule has 2 aromatic rings. The molecule has 0 saturated carbocycles. The van der Waals surface area contributed by atoms with Gasteiger partial charge in [0, 0.05) is 46.0 Å². The van der Waals surface area contributed by atoms with Crippen LogP contribution in [0.2, 0.25) is 0 Å². The van der Waals surface area contributed by atoms with Crippen molar-refractivity contribution in [3.05, 3.63) is 52.0 Å². The van der Waals surface area contributed by atoms with Crippen molar-refractivity contribution in [1.82, 2.24) is 19.6 Å². The maximum absolute atomic E-state index is 13.2. The van der Waals surface area contributed by atoms with E-state index in [4.69, 9.17) is 0 Å². The van der Waals surface area contributed by atoms with Gasteiger partial charge in [0.05, 0.1) is 4.47 Å². The van der Waals surface area contributed by atoms with Gasteiger partial charge in [-0.25, -0.2) is 4.39 Å². The van der Waals surface area contributed by atoms with Gasteiger partial charge in [0.2, 0.25) is 0 Å². The van der Waals surface area contributed by atoms with Crippen molar-refractivity contribution in [3.8, 4) is 0 Å². The first kappa shape index (κ1) is 17.1. The molecule has 0 aliphatic carbocycles. The summed E-state index contributed by atoms with van der Waals surface area (Å²) in [6, 6.07) is 6.73. The number of hydrogen-bond acceptors (Lipinski definition) is 3. The summed E-state index contributed by atoms with van der Waals surface area (Å²) in [5, 5.41) is 4.22. The minimum atomic E-state index is -0.191. The summed E-state index contributed by atoms with van der Waals surface area (Å²) in [4.78, 5) is 16.7. The Labute approximate surface area is 149 Å². The van der Waals surface area contributed by atoms with Crippen LogP contribution in [-0.4, -0.2) is 58.2 Å². The number of benzene rings is 1. The van der Waals surface area contributed by atoms with E-state index in [9.17, 15) is 9.18 Å². The van der Waals surface area contributed by atoms with E-state index < -0.39 is 0 Å². The highest BCUT2D eigenvalue weighted by molar-refractivity contribution is 9.10. The summed E-state index contributed by atoms with van der Waals surface area (Å²) < 4.78 is 15.6. The molecule has 1 aromatic heterocycles. The molecule has 1 aromatic carbocycles. The number of carbonyl (C=O) groups is 1. The van der Waals surface area contributed by atoms with Crippen LogP contribution in [0.4, 0.5) is 4.39 Å². The second kappa shape index (κ2) is 7.44. The predicted molar refractivity (Wildman–Crippen MR) is 93.4 cm³/mol. The van der Waals surface area contributed by atoms with E-state index in [1.54, 1.807) is 30.1 Å². The van der Waals surface area contributed by atoms with Gasteiger partial charge in [-0.05, 0) is 40.0 Å². The summed E-state index contributed by atoms with van der Waals surface area (Å²) >= 11 is 3.38. The van der Waals surface area contributed by atoms with Gasteiger partial charge in [-0.15, -0.1) is 0 Å². The third-order valence-electron chi connectivity index (χ3n) is 4.25. The average Bonchev–Trinajstić information content (AvgIpc) is 2.91. The molecule has 0 bridgehead atoms. The minimum Gasteiger partial charge on any atom is -0.335 e. The van der Waals surface area contributed by atoms with Crippen LogP contribution < -0.4 is 0 Å². The van der Waals surface area contributed by atoms with Gasteiger partial charge in [0.25, 0.3) is 5.91 Å². The Morgan fingerprint density at radius 3 is 2.67 bits per heavy atom. The van der Waals surface area contributed by atoms with Crippen molar-refractivity contribution in [2.45, 2.75) is 6.42 Å². The van der Waals surface area contributed by atoms with Crippen molar-refractivity contribution in [3.63, 3.8) is 0 Å². The summed E-state index contributed by atoms with van der Waals surface area (Å²) in [7, 11) is 1.80. The molecule has 0 N–H and O–H groups in total. The third kappa shape index (κ3) is 4.02.